The Morgan fingerprint density at radius 3 is 2.57 bits per heavy atom. The number of hydrogen-bond acceptors (Lipinski definition) is 4. The van der Waals surface area contributed by atoms with E-state index in [-0.39, 0.29) is 18.6 Å². The van der Waals surface area contributed by atoms with Gasteiger partial charge in [-0.2, -0.15) is 0 Å². The molecular formula is C25H26N2O3. The molecule has 0 aliphatic carbocycles. The molecule has 1 atom stereocenters. The van der Waals surface area contributed by atoms with Crippen molar-refractivity contribution >= 4 is 28.9 Å². The van der Waals surface area contributed by atoms with Gasteiger partial charge in [0.2, 0.25) is 0 Å². The van der Waals surface area contributed by atoms with Crippen molar-refractivity contribution in [2.75, 3.05) is 6.61 Å². The smallest absolute Gasteiger partial charge is 0.331 e. The van der Waals surface area contributed by atoms with Crippen molar-refractivity contribution in [3.8, 4) is 0 Å². The van der Waals surface area contributed by atoms with Gasteiger partial charge in [-0.1, -0.05) is 68.4 Å². The van der Waals surface area contributed by atoms with Crippen molar-refractivity contribution < 1.29 is 14.3 Å². The number of esters is 1. The summed E-state index contributed by atoms with van der Waals surface area (Å²) in [4.78, 5) is 28.8. The van der Waals surface area contributed by atoms with E-state index in [0.717, 1.165) is 28.5 Å². The molecule has 2 aromatic carbocycles. The Bertz CT molecular complexity index is 1020. The van der Waals surface area contributed by atoms with E-state index in [0.29, 0.717) is 5.92 Å². The van der Waals surface area contributed by atoms with Gasteiger partial charge >= 0.3 is 5.97 Å². The fourth-order valence-electron chi connectivity index (χ4n) is 3.28. The molecule has 1 aromatic heterocycles. The normalized spacial score (nSPS) is 12.2. The average Bonchev–Trinajstić information content (AvgIpc) is 2.76. The molecule has 0 bridgehead atoms. The molecule has 0 spiro atoms. The highest BCUT2D eigenvalue weighted by Gasteiger charge is 2.16. The van der Waals surface area contributed by atoms with Gasteiger partial charge in [0.1, 0.15) is 0 Å². The molecule has 30 heavy (non-hydrogen) atoms. The molecule has 0 saturated heterocycles. The Labute approximate surface area is 176 Å². The second-order valence-electron chi connectivity index (χ2n) is 7.52. The predicted octanol–water partition coefficient (Wildman–Crippen LogP) is 4.69. The Balaban J connectivity index is 1.57. The fourth-order valence-corrected chi connectivity index (χ4v) is 3.28. The van der Waals surface area contributed by atoms with Crippen LogP contribution < -0.4 is 5.32 Å². The minimum atomic E-state index is -0.571. The molecule has 1 heterocycles. The number of para-hydroxylation sites is 1. The SMILES string of the molecule is CC(C)CC(NC(=O)COC(=O)/C=C/c1cccc2cccnc12)c1ccccc1. The first kappa shape index (κ1) is 21.2. The zero-order valence-corrected chi connectivity index (χ0v) is 17.2. The topological polar surface area (TPSA) is 68.3 Å². The molecule has 0 radical (unpaired) electrons. The molecule has 1 unspecified atom stereocenters. The van der Waals surface area contributed by atoms with E-state index in [2.05, 4.69) is 24.1 Å². The van der Waals surface area contributed by atoms with Crippen LogP contribution in [0.4, 0.5) is 0 Å². The first-order valence-electron chi connectivity index (χ1n) is 10.1. The molecule has 3 aromatic rings. The molecular weight excluding hydrogens is 376 g/mol. The standard InChI is InChI=1S/C25H26N2O3/c1-18(2)16-22(19-8-4-3-5-9-19)27-23(28)17-30-24(29)14-13-21-11-6-10-20-12-7-15-26-25(20)21/h3-15,18,22H,16-17H2,1-2H3,(H,27,28)/b14-13+. The number of carbonyl (C=O) groups excluding carboxylic acids is 2. The maximum atomic E-state index is 12.3. The zero-order valence-electron chi connectivity index (χ0n) is 17.2. The summed E-state index contributed by atoms with van der Waals surface area (Å²) < 4.78 is 5.12. The average molecular weight is 402 g/mol. The summed E-state index contributed by atoms with van der Waals surface area (Å²) in [6.07, 6.45) is 5.49. The largest absolute Gasteiger partial charge is 0.452 e. The second kappa shape index (κ2) is 10.3. The number of rotatable bonds is 8. The van der Waals surface area contributed by atoms with Gasteiger partial charge in [-0.3, -0.25) is 9.78 Å². The monoisotopic (exact) mass is 402 g/mol. The number of amides is 1. The highest BCUT2D eigenvalue weighted by atomic mass is 16.5. The molecule has 5 heteroatoms. The maximum absolute atomic E-state index is 12.3. The lowest BCUT2D eigenvalue weighted by Gasteiger charge is -2.21. The number of aromatic nitrogens is 1. The number of ether oxygens (including phenoxy) is 1. The summed E-state index contributed by atoms with van der Waals surface area (Å²) in [6.45, 7) is 3.89. The first-order valence-corrected chi connectivity index (χ1v) is 10.1. The number of nitrogens with zero attached hydrogens (tertiary/aromatic N) is 1. The zero-order chi connectivity index (χ0) is 21.3. The lowest BCUT2D eigenvalue weighted by atomic mass is 9.97. The van der Waals surface area contributed by atoms with Gasteiger partial charge in [0.05, 0.1) is 11.6 Å². The predicted molar refractivity (Wildman–Crippen MR) is 119 cm³/mol. The molecule has 5 nitrogen and oxygen atoms in total. The minimum Gasteiger partial charge on any atom is -0.452 e. The van der Waals surface area contributed by atoms with Crippen LogP contribution in [-0.4, -0.2) is 23.5 Å². The van der Waals surface area contributed by atoms with Gasteiger partial charge < -0.3 is 10.1 Å². The minimum absolute atomic E-state index is 0.116. The van der Waals surface area contributed by atoms with Crippen LogP contribution in [0.5, 0.6) is 0 Å². The van der Waals surface area contributed by atoms with Crippen molar-refractivity contribution in [1.29, 1.82) is 0 Å². The van der Waals surface area contributed by atoms with E-state index in [4.69, 9.17) is 4.74 Å². The van der Waals surface area contributed by atoms with Crippen molar-refractivity contribution in [3.05, 3.63) is 84.1 Å². The molecule has 3 rings (SSSR count). The van der Waals surface area contributed by atoms with Gasteiger partial charge in [-0.05, 0) is 30.0 Å². The number of nitrogens with one attached hydrogen (secondary N) is 1. The number of fused-ring (bicyclic) bond motifs is 1. The maximum Gasteiger partial charge on any atom is 0.331 e. The van der Waals surface area contributed by atoms with Crippen LogP contribution >= 0.6 is 0 Å². The van der Waals surface area contributed by atoms with Crippen LogP contribution in [0.25, 0.3) is 17.0 Å². The first-order chi connectivity index (χ1) is 14.5. The number of benzene rings is 2. The molecule has 1 N–H and O–H groups in total. The highest BCUT2D eigenvalue weighted by molar-refractivity contribution is 5.93. The summed E-state index contributed by atoms with van der Waals surface area (Å²) in [5.74, 6) is -0.480. The number of pyridine rings is 1. The molecule has 0 saturated carbocycles. The summed E-state index contributed by atoms with van der Waals surface area (Å²) in [6, 6.07) is 19.3. The molecule has 0 fully saturated rings. The Hall–Kier alpha value is -3.47. The third kappa shape index (κ3) is 6.01. The van der Waals surface area contributed by atoms with Crippen LogP contribution in [0.1, 0.15) is 37.4 Å². The molecule has 0 aliphatic heterocycles. The Morgan fingerprint density at radius 1 is 1.03 bits per heavy atom. The summed E-state index contributed by atoms with van der Waals surface area (Å²) in [5, 5.41) is 3.96. The van der Waals surface area contributed by atoms with Gasteiger partial charge in [-0.15, -0.1) is 0 Å². The van der Waals surface area contributed by atoms with E-state index < -0.39 is 5.97 Å². The van der Waals surface area contributed by atoms with Gasteiger partial charge in [0.25, 0.3) is 5.91 Å². The lowest BCUT2D eigenvalue weighted by Crippen LogP contribution is -2.33. The Morgan fingerprint density at radius 2 is 1.80 bits per heavy atom. The van der Waals surface area contributed by atoms with Crippen molar-refractivity contribution in [1.82, 2.24) is 10.3 Å². The van der Waals surface area contributed by atoms with Crippen molar-refractivity contribution in [2.45, 2.75) is 26.3 Å². The van der Waals surface area contributed by atoms with Crippen LogP contribution in [-0.2, 0) is 14.3 Å². The molecule has 1 amide bonds. The number of hydrogen-bond donors (Lipinski definition) is 1. The Kier molecular flexibility index (Phi) is 7.33. The quantitative estimate of drug-likeness (QED) is 0.438. The third-order valence-corrected chi connectivity index (χ3v) is 4.65. The summed E-state index contributed by atoms with van der Waals surface area (Å²) in [7, 11) is 0. The third-order valence-electron chi connectivity index (χ3n) is 4.65. The van der Waals surface area contributed by atoms with Crippen LogP contribution in [0.3, 0.4) is 0 Å². The summed E-state index contributed by atoms with van der Waals surface area (Å²) >= 11 is 0. The van der Waals surface area contributed by atoms with Crippen molar-refractivity contribution in [3.63, 3.8) is 0 Å². The number of carbonyl (C=O) groups is 2. The fraction of sp³-hybridized carbons (Fsp3) is 0.240. The van der Waals surface area contributed by atoms with Crippen LogP contribution in [0.2, 0.25) is 0 Å². The van der Waals surface area contributed by atoms with Gasteiger partial charge in [-0.25, -0.2) is 4.79 Å². The van der Waals surface area contributed by atoms with Crippen molar-refractivity contribution in [2.24, 2.45) is 5.92 Å². The van der Waals surface area contributed by atoms with Gasteiger partial charge in [0, 0.05) is 23.2 Å². The van der Waals surface area contributed by atoms with Gasteiger partial charge in [0.15, 0.2) is 6.61 Å². The summed E-state index contributed by atoms with van der Waals surface area (Å²) in [5.41, 5.74) is 2.66. The van der Waals surface area contributed by atoms with E-state index >= 15 is 0 Å². The van der Waals surface area contributed by atoms with E-state index in [1.807, 2.05) is 60.7 Å². The lowest BCUT2D eigenvalue weighted by molar-refractivity contribution is -0.144. The van der Waals surface area contributed by atoms with Crippen LogP contribution in [0, 0.1) is 5.92 Å². The highest BCUT2D eigenvalue weighted by Crippen LogP contribution is 2.21. The van der Waals surface area contributed by atoms with E-state index in [1.165, 1.54) is 6.08 Å². The molecule has 0 aliphatic rings. The molecule has 154 valence electrons. The van der Waals surface area contributed by atoms with E-state index in [1.54, 1.807) is 12.3 Å². The second-order valence-corrected chi connectivity index (χ2v) is 7.52. The van der Waals surface area contributed by atoms with E-state index in [9.17, 15) is 9.59 Å². The van der Waals surface area contributed by atoms with Crippen LogP contribution in [0.15, 0.2) is 72.9 Å².